The predicted molar refractivity (Wildman–Crippen MR) is 88.2 cm³/mol. The van der Waals surface area contributed by atoms with Crippen LogP contribution in [-0.4, -0.2) is 45.7 Å². The monoisotopic (exact) mass is 340 g/mol. The van der Waals surface area contributed by atoms with Gasteiger partial charge in [0.05, 0.1) is 18.7 Å². The molecule has 0 saturated carbocycles. The Morgan fingerprint density at radius 1 is 1.32 bits per heavy atom. The third kappa shape index (κ3) is 2.91. The minimum Gasteiger partial charge on any atom is -0.423 e. The number of aryl methyl sites for hydroxylation is 1. The number of nitrogens with one attached hydrogen (secondary N) is 1. The first kappa shape index (κ1) is 15.5. The molecule has 4 rings (SSSR count). The number of amides is 1. The minimum atomic E-state index is -0.466. The molecule has 3 aromatic rings. The van der Waals surface area contributed by atoms with Gasteiger partial charge in [-0.1, -0.05) is 18.2 Å². The van der Waals surface area contributed by atoms with Crippen molar-refractivity contribution in [2.75, 3.05) is 19.7 Å². The van der Waals surface area contributed by atoms with E-state index in [1.807, 2.05) is 18.2 Å². The van der Waals surface area contributed by atoms with Crippen LogP contribution in [0, 0.1) is 6.92 Å². The normalized spacial score (nSPS) is 17.8. The molecule has 1 N–H and O–H groups in total. The zero-order valence-electron chi connectivity index (χ0n) is 13.6. The van der Waals surface area contributed by atoms with E-state index in [0.29, 0.717) is 47.9 Å². The molecule has 0 spiro atoms. The number of fused-ring (bicyclic) bond motifs is 1. The van der Waals surface area contributed by atoms with Gasteiger partial charge in [-0.2, -0.15) is 0 Å². The Morgan fingerprint density at radius 3 is 2.96 bits per heavy atom. The van der Waals surface area contributed by atoms with Crippen LogP contribution in [0.1, 0.15) is 28.2 Å². The average Bonchev–Trinajstić information content (AvgIpc) is 3.07. The molecule has 3 heterocycles. The van der Waals surface area contributed by atoms with Crippen molar-refractivity contribution < 1.29 is 13.9 Å². The molecule has 0 bridgehead atoms. The minimum absolute atomic E-state index is 0.216. The number of rotatable bonds is 2. The number of carbonyl (C=O) groups excluding carboxylic acids is 1. The SMILES string of the molecule is Cc1nnc([C@@H]2CN(C(=O)c3cc(=O)[nH]c4ccccc34)CCO2)o1. The van der Waals surface area contributed by atoms with Crippen LogP contribution in [0.2, 0.25) is 0 Å². The molecule has 0 radical (unpaired) electrons. The van der Waals surface area contributed by atoms with Crippen molar-refractivity contribution in [3.8, 4) is 0 Å². The van der Waals surface area contributed by atoms with Crippen molar-refractivity contribution in [1.82, 2.24) is 20.1 Å². The highest BCUT2D eigenvalue weighted by Crippen LogP contribution is 2.24. The van der Waals surface area contributed by atoms with Crippen molar-refractivity contribution in [2.45, 2.75) is 13.0 Å². The summed E-state index contributed by atoms with van der Waals surface area (Å²) in [6, 6.07) is 8.58. The number of hydrogen-bond acceptors (Lipinski definition) is 6. The second-order valence-corrected chi connectivity index (χ2v) is 5.86. The van der Waals surface area contributed by atoms with Crippen LogP contribution in [0.15, 0.2) is 39.5 Å². The second kappa shape index (κ2) is 6.14. The lowest BCUT2D eigenvalue weighted by atomic mass is 10.1. The molecular formula is C17H16N4O4. The summed E-state index contributed by atoms with van der Waals surface area (Å²) in [4.78, 5) is 29.3. The van der Waals surface area contributed by atoms with Crippen molar-refractivity contribution >= 4 is 16.8 Å². The van der Waals surface area contributed by atoms with E-state index in [2.05, 4.69) is 15.2 Å². The summed E-state index contributed by atoms with van der Waals surface area (Å²) in [5.74, 6) is 0.584. The number of carbonyl (C=O) groups is 1. The van der Waals surface area contributed by atoms with E-state index >= 15 is 0 Å². The quantitative estimate of drug-likeness (QED) is 0.757. The summed E-state index contributed by atoms with van der Waals surface area (Å²) in [5.41, 5.74) is 0.705. The number of nitrogens with zero attached hydrogens (tertiary/aromatic N) is 3. The Labute approximate surface area is 142 Å². The fraction of sp³-hybridized carbons (Fsp3) is 0.294. The molecule has 8 nitrogen and oxygen atoms in total. The van der Waals surface area contributed by atoms with Gasteiger partial charge in [-0.15, -0.1) is 10.2 Å². The largest absolute Gasteiger partial charge is 0.423 e. The van der Waals surface area contributed by atoms with Crippen molar-refractivity contribution in [1.29, 1.82) is 0 Å². The van der Waals surface area contributed by atoms with Crippen LogP contribution < -0.4 is 5.56 Å². The van der Waals surface area contributed by atoms with Crippen LogP contribution in [0.4, 0.5) is 0 Å². The molecule has 8 heteroatoms. The lowest BCUT2D eigenvalue weighted by molar-refractivity contribution is -0.0348. The standard InChI is InChI=1S/C17H16N4O4/c1-10-19-20-16(25-10)14-9-21(6-7-24-14)17(23)12-8-15(22)18-13-5-3-2-4-11(12)13/h2-5,8,14H,6-7,9H2,1H3,(H,18,22)/t14-/m0/s1. The molecule has 0 aliphatic carbocycles. The Hall–Kier alpha value is -3.00. The van der Waals surface area contributed by atoms with Gasteiger partial charge in [0.15, 0.2) is 6.10 Å². The molecule has 1 atom stereocenters. The van der Waals surface area contributed by atoms with Gasteiger partial charge in [0.1, 0.15) is 0 Å². The highest BCUT2D eigenvalue weighted by Gasteiger charge is 2.30. The van der Waals surface area contributed by atoms with Crippen LogP contribution in [-0.2, 0) is 4.74 Å². The first-order valence-electron chi connectivity index (χ1n) is 7.95. The first-order chi connectivity index (χ1) is 12.1. The maximum atomic E-state index is 13.0. The maximum Gasteiger partial charge on any atom is 0.254 e. The summed E-state index contributed by atoms with van der Waals surface area (Å²) < 4.78 is 11.1. The van der Waals surface area contributed by atoms with Crippen molar-refractivity contribution in [2.24, 2.45) is 0 Å². The number of morpholine rings is 1. The lowest BCUT2D eigenvalue weighted by Gasteiger charge is -2.31. The van der Waals surface area contributed by atoms with Crippen LogP contribution >= 0.6 is 0 Å². The molecule has 0 unspecified atom stereocenters. The van der Waals surface area contributed by atoms with Gasteiger partial charge in [0, 0.05) is 30.4 Å². The fourth-order valence-electron chi connectivity index (χ4n) is 2.98. The predicted octanol–water partition coefficient (Wildman–Crippen LogP) is 1.43. The molecule has 1 aliphatic rings. The summed E-state index contributed by atoms with van der Waals surface area (Å²) in [6.45, 7) is 2.79. The summed E-state index contributed by atoms with van der Waals surface area (Å²) in [5, 5.41) is 8.47. The average molecular weight is 340 g/mol. The lowest BCUT2D eigenvalue weighted by Crippen LogP contribution is -2.42. The number of H-pyrrole nitrogens is 1. The summed E-state index contributed by atoms with van der Waals surface area (Å²) in [7, 11) is 0. The number of hydrogen-bond donors (Lipinski definition) is 1. The van der Waals surface area contributed by atoms with E-state index in [9.17, 15) is 9.59 Å². The van der Waals surface area contributed by atoms with Gasteiger partial charge in [-0.05, 0) is 6.07 Å². The third-order valence-corrected chi connectivity index (χ3v) is 4.15. The Balaban J connectivity index is 1.66. The number of pyridine rings is 1. The number of aromatic amines is 1. The number of aromatic nitrogens is 3. The molecule has 1 fully saturated rings. The third-order valence-electron chi connectivity index (χ3n) is 4.15. The van der Waals surface area contributed by atoms with Gasteiger partial charge in [0.2, 0.25) is 17.3 Å². The smallest absolute Gasteiger partial charge is 0.254 e. The van der Waals surface area contributed by atoms with Crippen LogP contribution in [0.5, 0.6) is 0 Å². The van der Waals surface area contributed by atoms with Crippen LogP contribution in [0.25, 0.3) is 10.9 Å². The molecule has 128 valence electrons. The van der Waals surface area contributed by atoms with Crippen molar-refractivity contribution in [3.05, 3.63) is 58.0 Å². The highest BCUT2D eigenvalue weighted by molar-refractivity contribution is 6.05. The summed E-state index contributed by atoms with van der Waals surface area (Å²) >= 11 is 0. The highest BCUT2D eigenvalue weighted by atomic mass is 16.5. The Bertz CT molecular complexity index is 993. The fourth-order valence-corrected chi connectivity index (χ4v) is 2.98. The molecule has 25 heavy (non-hydrogen) atoms. The van der Waals surface area contributed by atoms with Crippen LogP contribution in [0.3, 0.4) is 0 Å². The van der Waals surface area contributed by atoms with Crippen molar-refractivity contribution in [3.63, 3.8) is 0 Å². The first-order valence-corrected chi connectivity index (χ1v) is 7.95. The van der Waals surface area contributed by atoms with E-state index < -0.39 is 6.10 Å². The van der Waals surface area contributed by atoms with Gasteiger partial charge >= 0.3 is 0 Å². The van der Waals surface area contributed by atoms with E-state index in [4.69, 9.17) is 9.15 Å². The molecule has 1 saturated heterocycles. The molecule has 1 aromatic carbocycles. The molecule has 1 amide bonds. The van der Waals surface area contributed by atoms with E-state index in [-0.39, 0.29) is 11.5 Å². The zero-order valence-corrected chi connectivity index (χ0v) is 13.6. The Kier molecular flexibility index (Phi) is 3.81. The Morgan fingerprint density at radius 2 is 2.16 bits per heavy atom. The van der Waals surface area contributed by atoms with Gasteiger partial charge in [0.25, 0.3) is 5.91 Å². The molecular weight excluding hydrogens is 324 g/mol. The van der Waals surface area contributed by atoms with E-state index in [0.717, 1.165) is 0 Å². The topological polar surface area (TPSA) is 101 Å². The second-order valence-electron chi connectivity index (χ2n) is 5.86. The molecule has 1 aliphatic heterocycles. The number of para-hydroxylation sites is 1. The van der Waals surface area contributed by atoms with Gasteiger partial charge < -0.3 is 19.0 Å². The maximum absolute atomic E-state index is 13.0. The zero-order chi connectivity index (χ0) is 17.4. The number of ether oxygens (including phenoxy) is 1. The van der Waals surface area contributed by atoms with E-state index in [1.165, 1.54) is 6.07 Å². The van der Waals surface area contributed by atoms with E-state index in [1.54, 1.807) is 17.9 Å². The number of benzene rings is 1. The van der Waals surface area contributed by atoms with Gasteiger partial charge in [-0.25, -0.2) is 0 Å². The molecule has 2 aromatic heterocycles. The van der Waals surface area contributed by atoms with Gasteiger partial charge in [-0.3, -0.25) is 9.59 Å². The summed E-state index contributed by atoms with van der Waals surface area (Å²) in [6.07, 6.45) is -0.466.